The number of carbonyl (C=O) groups excluding carboxylic acids is 1. The molecule has 1 aliphatic rings. The first kappa shape index (κ1) is 12.6. The number of nitrogens with two attached hydrogens (primary N) is 1. The molecule has 0 aliphatic carbocycles. The lowest BCUT2D eigenvalue weighted by molar-refractivity contribution is -0.124. The molecule has 0 saturated carbocycles. The van der Waals surface area contributed by atoms with Crippen molar-refractivity contribution < 1.29 is 4.79 Å². The van der Waals surface area contributed by atoms with Gasteiger partial charge in [0.15, 0.2) is 0 Å². The number of amides is 1. The Kier molecular flexibility index (Phi) is 3.94. The molecule has 0 radical (unpaired) electrons. The molecule has 1 saturated heterocycles. The molecule has 1 amide bonds. The summed E-state index contributed by atoms with van der Waals surface area (Å²) in [4.78, 5) is 11.8. The number of carbonyl (C=O) groups is 1. The molecule has 1 aromatic carbocycles. The third-order valence-electron chi connectivity index (χ3n) is 3.16. The molecule has 1 atom stereocenters. The minimum absolute atomic E-state index is 0.0580. The van der Waals surface area contributed by atoms with Crippen LogP contribution in [-0.2, 0) is 11.3 Å². The van der Waals surface area contributed by atoms with Gasteiger partial charge in [0.2, 0.25) is 5.91 Å². The van der Waals surface area contributed by atoms with Crippen molar-refractivity contribution in [2.45, 2.75) is 13.0 Å². The van der Waals surface area contributed by atoms with E-state index in [4.69, 9.17) is 11.1 Å². The van der Waals surface area contributed by atoms with Crippen molar-refractivity contribution in [3.8, 4) is 0 Å². The number of rotatable bonds is 4. The molecule has 0 spiro atoms. The maximum atomic E-state index is 11.8. The lowest BCUT2D eigenvalue weighted by atomic mass is 10.1. The van der Waals surface area contributed by atoms with Gasteiger partial charge in [-0.15, -0.1) is 0 Å². The smallest absolute Gasteiger partial charge is 0.224 e. The third-order valence-corrected chi connectivity index (χ3v) is 3.16. The van der Waals surface area contributed by atoms with Gasteiger partial charge in [0.25, 0.3) is 0 Å². The summed E-state index contributed by atoms with van der Waals surface area (Å²) in [5, 5.41) is 13.4. The average molecular weight is 246 g/mol. The van der Waals surface area contributed by atoms with Crippen LogP contribution >= 0.6 is 0 Å². The van der Waals surface area contributed by atoms with Gasteiger partial charge < -0.3 is 16.4 Å². The first-order chi connectivity index (χ1) is 8.66. The molecule has 96 valence electrons. The zero-order valence-electron chi connectivity index (χ0n) is 10.2. The second kappa shape index (κ2) is 5.64. The quantitative estimate of drug-likeness (QED) is 0.452. The van der Waals surface area contributed by atoms with Crippen LogP contribution in [0.2, 0.25) is 0 Å². The number of benzene rings is 1. The average Bonchev–Trinajstić information content (AvgIpc) is 2.90. The molecular weight excluding hydrogens is 228 g/mol. The van der Waals surface area contributed by atoms with Gasteiger partial charge in [0, 0.05) is 18.7 Å². The maximum Gasteiger partial charge on any atom is 0.224 e. The molecule has 5 heteroatoms. The summed E-state index contributed by atoms with van der Waals surface area (Å²) < 4.78 is 0. The highest BCUT2D eigenvalue weighted by Crippen LogP contribution is 2.08. The van der Waals surface area contributed by atoms with Gasteiger partial charge in [-0.1, -0.05) is 24.3 Å². The molecule has 5 nitrogen and oxygen atoms in total. The van der Waals surface area contributed by atoms with Crippen molar-refractivity contribution in [2.75, 3.05) is 13.1 Å². The highest BCUT2D eigenvalue weighted by molar-refractivity contribution is 5.94. The normalized spacial score (nSPS) is 18.6. The summed E-state index contributed by atoms with van der Waals surface area (Å²) in [5.41, 5.74) is 7.09. The lowest BCUT2D eigenvalue weighted by Gasteiger charge is -2.10. The summed E-state index contributed by atoms with van der Waals surface area (Å²) >= 11 is 0. The standard InChI is InChI=1S/C13H18N4O/c14-12(15)10-3-1-9(2-4-10)7-17-13(18)11-5-6-16-8-11/h1-4,11,16H,5-8H2,(H3,14,15)(H,17,18)/t11-/m1/s1. The third kappa shape index (κ3) is 3.07. The van der Waals surface area contributed by atoms with E-state index in [9.17, 15) is 4.79 Å². The second-order valence-electron chi connectivity index (χ2n) is 4.52. The number of nitrogen functional groups attached to an aromatic ring is 1. The van der Waals surface area contributed by atoms with Crippen molar-refractivity contribution in [1.82, 2.24) is 10.6 Å². The molecule has 0 unspecified atom stereocenters. The van der Waals surface area contributed by atoms with Crippen LogP contribution in [0.1, 0.15) is 17.5 Å². The topological polar surface area (TPSA) is 91.0 Å². The molecular formula is C13H18N4O. The predicted molar refractivity (Wildman–Crippen MR) is 70.3 cm³/mol. The Hall–Kier alpha value is -1.88. The molecule has 1 heterocycles. The highest BCUT2D eigenvalue weighted by Gasteiger charge is 2.21. The van der Waals surface area contributed by atoms with Gasteiger partial charge >= 0.3 is 0 Å². The predicted octanol–water partition coefficient (Wildman–Crippen LogP) is 0.196. The summed E-state index contributed by atoms with van der Waals surface area (Å²) in [7, 11) is 0. The van der Waals surface area contributed by atoms with Crippen molar-refractivity contribution in [3.63, 3.8) is 0 Å². The fourth-order valence-electron chi connectivity index (χ4n) is 2.01. The Balaban J connectivity index is 1.86. The number of hydrogen-bond donors (Lipinski definition) is 4. The summed E-state index contributed by atoms with van der Waals surface area (Å²) in [6, 6.07) is 7.34. The minimum atomic E-state index is 0.0580. The second-order valence-corrected chi connectivity index (χ2v) is 4.52. The van der Waals surface area contributed by atoms with E-state index in [0.717, 1.165) is 25.1 Å². The van der Waals surface area contributed by atoms with Crippen LogP contribution in [0.4, 0.5) is 0 Å². The van der Waals surface area contributed by atoms with E-state index < -0.39 is 0 Å². The summed E-state index contributed by atoms with van der Waals surface area (Å²) in [6.45, 7) is 2.22. The fraction of sp³-hybridized carbons (Fsp3) is 0.385. The maximum absolute atomic E-state index is 11.8. The molecule has 1 aliphatic heterocycles. The van der Waals surface area contributed by atoms with Crippen LogP contribution in [0.15, 0.2) is 24.3 Å². The SMILES string of the molecule is N=C(N)c1ccc(CNC(=O)[C@@H]2CCNC2)cc1. The molecule has 5 N–H and O–H groups in total. The van der Waals surface area contributed by atoms with Crippen LogP contribution in [0.25, 0.3) is 0 Å². The summed E-state index contributed by atoms with van der Waals surface area (Å²) in [5.74, 6) is 0.264. The highest BCUT2D eigenvalue weighted by atomic mass is 16.1. The largest absolute Gasteiger partial charge is 0.384 e. The number of nitrogens with one attached hydrogen (secondary N) is 3. The van der Waals surface area contributed by atoms with Gasteiger partial charge in [-0.25, -0.2) is 0 Å². The molecule has 1 fully saturated rings. The van der Waals surface area contributed by atoms with E-state index in [1.807, 2.05) is 12.1 Å². The first-order valence-electron chi connectivity index (χ1n) is 6.08. The van der Waals surface area contributed by atoms with Crippen LogP contribution < -0.4 is 16.4 Å². The van der Waals surface area contributed by atoms with Crippen LogP contribution in [0.5, 0.6) is 0 Å². The zero-order chi connectivity index (χ0) is 13.0. The van der Waals surface area contributed by atoms with E-state index in [2.05, 4.69) is 10.6 Å². The van der Waals surface area contributed by atoms with Crippen LogP contribution in [0.3, 0.4) is 0 Å². The van der Waals surface area contributed by atoms with Crippen molar-refractivity contribution >= 4 is 11.7 Å². The summed E-state index contributed by atoms with van der Waals surface area (Å²) in [6.07, 6.45) is 0.912. The van der Waals surface area contributed by atoms with Crippen LogP contribution in [0, 0.1) is 11.3 Å². The van der Waals surface area contributed by atoms with Gasteiger partial charge in [0.05, 0.1) is 5.92 Å². The lowest BCUT2D eigenvalue weighted by Crippen LogP contribution is -2.31. The van der Waals surface area contributed by atoms with E-state index in [1.165, 1.54) is 0 Å². The molecule has 0 bridgehead atoms. The molecule has 2 rings (SSSR count). The Labute approximate surface area is 106 Å². The Morgan fingerprint density at radius 2 is 2.17 bits per heavy atom. The van der Waals surface area contributed by atoms with Crippen molar-refractivity contribution in [1.29, 1.82) is 5.41 Å². The molecule has 1 aromatic rings. The fourth-order valence-corrected chi connectivity index (χ4v) is 2.01. The zero-order valence-corrected chi connectivity index (χ0v) is 10.2. The monoisotopic (exact) mass is 246 g/mol. The van der Waals surface area contributed by atoms with Crippen molar-refractivity contribution in [2.24, 2.45) is 11.7 Å². The van der Waals surface area contributed by atoms with Gasteiger partial charge in [-0.2, -0.15) is 0 Å². The van der Waals surface area contributed by atoms with E-state index >= 15 is 0 Å². The van der Waals surface area contributed by atoms with Crippen molar-refractivity contribution in [3.05, 3.63) is 35.4 Å². The number of amidine groups is 1. The Bertz CT molecular complexity index is 435. The Morgan fingerprint density at radius 1 is 1.44 bits per heavy atom. The van der Waals surface area contributed by atoms with Gasteiger partial charge in [0.1, 0.15) is 5.84 Å². The van der Waals surface area contributed by atoms with Crippen LogP contribution in [-0.4, -0.2) is 24.8 Å². The minimum Gasteiger partial charge on any atom is -0.384 e. The van der Waals surface area contributed by atoms with E-state index in [0.29, 0.717) is 12.1 Å². The molecule has 0 aromatic heterocycles. The van der Waals surface area contributed by atoms with E-state index in [1.54, 1.807) is 12.1 Å². The van der Waals surface area contributed by atoms with Gasteiger partial charge in [-0.05, 0) is 18.5 Å². The van der Waals surface area contributed by atoms with Gasteiger partial charge in [-0.3, -0.25) is 10.2 Å². The van der Waals surface area contributed by atoms with E-state index in [-0.39, 0.29) is 17.7 Å². The number of hydrogen-bond acceptors (Lipinski definition) is 3. The Morgan fingerprint density at radius 3 is 2.72 bits per heavy atom. The first-order valence-corrected chi connectivity index (χ1v) is 6.08. The molecule has 18 heavy (non-hydrogen) atoms.